The van der Waals surface area contributed by atoms with Gasteiger partial charge in [-0.1, -0.05) is 18.2 Å². The van der Waals surface area contributed by atoms with Crippen molar-refractivity contribution >= 4 is 11.6 Å². The van der Waals surface area contributed by atoms with Crippen LogP contribution >= 0.6 is 0 Å². The fourth-order valence-corrected chi connectivity index (χ4v) is 3.01. The van der Waals surface area contributed by atoms with E-state index in [0.29, 0.717) is 18.5 Å². The molecule has 2 N–H and O–H groups in total. The van der Waals surface area contributed by atoms with Crippen LogP contribution in [0, 0.1) is 5.82 Å². The second kappa shape index (κ2) is 7.66. The molecule has 4 nitrogen and oxygen atoms in total. The molecule has 1 amide bonds. The number of halogens is 1. The molecule has 1 heterocycles. The lowest BCUT2D eigenvalue weighted by Gasteiger charge is -2.19. The second-order valence-corrected chi connectivity index (χ2v) is 6.53. The minimum Gasteiger partial charge on any atom is -0.491 e. The third-order valence-corrected chi connectivity index (χ3v) is 4.12. The van der Waals surface area contributed by atoms with Crippen molar-refractivity contribution in [1.82, 2.24) is 5.32 Å². The van der Waals surface area contributed by atoms with Gasteiger partial charge in [0.2, 0.25) is 5.91 Å². The molecule has 0 fully saturated rings. The molecular weight excluding hydrogens is 319 g/mol. The maximum atomic E-state index is 14.6. The van der Waals surface area contributed by atoms with Crippen molar-refractivity contribution in [2.45, 2.75) is 39.3 Å². The number of amides is 1. The highest BCUT2D eigenvalue weighted by Crippen LogP contribution is 2.25. The van der Waals surface area contributed by atoms with Gasteiger partial charge in [0.15, 0.2) is 0 Å². The van der Waals surface area contributed by atoms with Crippen LogP contribution in [0.5, 0.6) is 5.75 Å². The second-order valence-electron chi connectivity index (χ2n) is 6.53. The van der Waals surface area contributed by atoms with E-state index in [4.69, 9.17) is 4.74 Å². The van der Waals surface area contributed by atoms with Gasteiger partial charge < -0.3 is 15.4 Å². The molecule has 5 heteroatoms. The average molecular weight is 342 g/mol. The highest BCUT2D eigenvalue weighted by atomic mass is 19.1. The molecule has 0 radical (unpaired) electrons. The molecule has 0 aliphatic carbocycles. The van der Waals surface area contributed by atoms with E-state index in [-0.39, 0.29) is 29.9 Å². The first-order chi connectivity index (χ1) is 12.0. The first-order valence-electron chi connectivity index (χ1n) is 8.59. The summed E-state index contributed by atoms with van der Waals surface area (Å²) in [5.74, 6) is 0.173. The third kappa shape index (κ3) is 4.37. The highest BCUT2D eigenvalue weighted by molar-refractivity contribution is 5.92. The fraction of sp³-hybridized carbons (Fsp3) is 0.350. The molecule has 0 atom stereocenters. The maximum Gasteiger partial charge on any atom is 0.228 e. The van der Waals surface area contributed by atoms with Crippen LogP contribution in [0.25, 0.3) is 0 Å². The molecule has 1 aliphatic rings. The number of carbonyl (C=O) groups excluding carboxylic acids is 1. The van der Waals surface area contributed by atoms with Crippen molar-refractivity contribution in [1.29, 1.82) is 0 Å². The molecule has 25 heavy (non-hydrogen) atoms. The number of rotatable bonds is 5. The number of ether oxygens (including phenoxy) is 1. The van der Waals surface area contributed by atoms with Crippen LogP contribution in [0.4, 0.5) is 10.1 Å². The summed E-state index contributed by atoms with van der Waals surface area (Å²) in [7, 11) is 0. The summed E-state index contributed by atoms with van der Waals surface area (Å²) in [4.78, 5) is 12.3. The Morgan fingerprint density at radius 1 is 1.32 bits per heavy atom. The Morgan fingerprint density at radius 3 is 2.96 bits per heavy atom. The van der Waals surface area contributed by atoms with Crippen molar-refractivity contribution in [2.24, 2.45) is 0 Å². The summed E-state index contributed by atoms with van der Waals surface area (Å²) >= 11 is 0. The van der Waals surface area contributed by atoms with Crippen LogP contribution in [0.15, 0.2) is 36.4 Å². The van der Waals surface area contributed by atoms with Gasteiger partial charge in [0, 0.05) is 6.54 Å². The smallest absolute Gasteiger partial charge is 0.228 e. The van der Waals surface area contributed by atoms with Gasteiger partial charge in [-0.25, -0.2) is 4.39 Å². The van der Waals surface area contributed by atoms with Crippen LogP contribution < -0.4 is 15.4 Å². The summed E-state index contributed by atoms with van der Waals surface area (Å²) in [5, 5.41) is 5.91. The lowest BCUT2D eigenvalue weighted by atomic mass is 9.99. The summed E-state index contributed by atoms with van der Waals surface area (Å²) < 4.78 is 20.2. The van der Waals surface area contributed by atoms with Gasteiger partial charge in [-0.3, -0.25) is 4.79 Å². The number of anilines is 1. The van der Waals surface area contributed by atoms with Crippen molar-refractivity contribution in [2.75, 3.05) is 11.9 Å². The molecular formula is C20H23FN2O2. The Kier molecular flexibility index (Phi) is 5.34. The Morgan fingerprint density at radius 2 is 2.16 bits per heavy atom. The van der Waals surface area contributed by atoms with Crippen LogP contribution in [0.3, 0.4) is 0 Å². The number of hydrogen-bond donors (Lipinski definition) is 2. The van der Waals surface area contributed by atoms with Crippen molar-refractivity contribution in [3.63, 3.8) is 0 Å². The highest BCUT2D eigenvalue weighted by Gasteiger charge is 2.17. The number of benzene rings is 2. The molecule has 0 unspecified atom stereocenters. The normalized spacial score (nSPS) is 13.4. The zero-order chi connectivity index (χ0) is 17.8. The number of carbonyl (C=O) groups is 1. The van der Waals surface area contributed by atoms with Crippen molar-refractivity contribution < 1.29 is 13.9 Å². The van der Waals surface area contributed by atoms with E-state index in [0.717, 1.165) is 23.4 Å². The van der Waals surface area contributed by atoms with E-state index in [9.17, 15) is 9.18 Å². The predicted molar refractivity (Wildman–Crippen MR) is 96.4 cm³/mol. The van der Waals surface area contributed by atoms with Crippen molar-refractivity contribution in [3.05, 3.63) is 58.9 Å². The molecule has 0 saturated heterocycles. The van der Waals surface area contributed by atoms with Gasteiger partial charge in [-0.2, -0.15) is 0 Å². The van der Waals surface area contributed by atoms with Crippen molar-refractivity contribution in [3.8, 4) is 5.75 Å². The third-order valence-electron chi connectivity index (χ3n) is 4.12. The molecule has 1 aliphatic heterocycles. The quantitative estimate of drug-likeness (QED) is 0.875. The van der Waals surface area contributed by atoms with E-state index < -0.39 is 0 Å². The molecule has 2 aromatic rings. The Bertz CT molecular complexity index is 774. The van der Waals surface area contributed by atoms with Crippen LogP contribution in [-0.2, 0) is 24.2 Å². The Balaban J connectivity index is 1.69. The topological polar surface area (TPSA) is 50.4 Å². The fourth-order valence-electron chi connectivity index (χ4n) is 3.01. The van der Waals surface area contributed by atoms with Gasteiger partial charge >= 0.3 is 0 Å². The lowest BCUT2D eigenvalue weighted by molar-refractivity contribution is -0.115. The van der Waals surface area contributed by atoms with E-state index in [2.05, 4.69) is 10.6 Å². The van der Waals surface area contributed by atoms with Gasteiger partial charge in [-0.15, -0.1) is 0 Å². The van der Waals surface area contributed by atoms with Gasteiger partial charge in [0.1, 0.15) is 11.6 Å². The molecule has 3 rings (SSSR count). The largest absolute Gasteiger partial charge is 0.491 e. The first-order valence-corrected chi connectivity index (χ1v) is 8.59. The van der Waals surface area contributed by atoms with E-state index in [1.165, 1.54) is 0 Å². The lowest BCUT2D eigenvalue weighted by Crippen LogP contribution is -2.25. The number of fused-ring (bicyclic) bond motifs is 1. The number of hydrogen-bond acceptors (Lipinski definition) is 3. The Hall–Kier alpha value is -2.40. The summed E-state index contributed by atoms with van der Waals surface area (Å²) in [5.41, 5.74) is 2.74. The van der Waals surface area contributed by atoms with Crippen LogP contribution in [0.1, 0.15) is 30.5 Å². The SMILES string of the molecule is CC(C)Oc1cccc(CC(=O)Nc2ccc3c(c2F)CCNC3)c1. The van der Waals surface area contributed by atoms with Crippen LogP contribution in [0.2, 0.25) is 0 Å². The molecule has 0 bridgehead atoms. The first kappa shape index (κ1) is 17.4. The molecule has 0 spiro atoms. The van der Waals surface area contributed by atoms with E-state index in [1.54, 1.807) is 6.07 Å². The maximum absolute atomic E-state index is 14.6. The zero-order valence-corrected chi connectivity index (χ0v) is 14.6. The van der Waals surface area contributed by atoms with Gasteiger partial charge in [-0.05, 0) is 61.7 Å². The summed E-state index contributed by atoms with van der Waals surface area (Å²) in [6.45, 7) is 5.33. The standard InChI is InChI=1S/C20H23FN2O2/c1-13(2)25-16-5-3-4-14(10-16)11-19(24)23-18-7-6-15-12-22-9-8-17(15)20(18)21/h3-7,10,13,22H,8-9,11-12H2,1-2H3,(H,23,24). The minimum atomic E-state index is -0.316. The summed E-state index contributed by atoms with van der Waals surface area (Å²) in [6, 6.07) is 10.9. The monoisotopic (exact) mass is 342 g/mol. The zero-order valence-electron chi connectivity index (χ0n) is 14.6. The molecule has 0 aromatic heterocycles. The average Bonchev–Trinajstić information content (AvgIpc) is 2.57. The molecule has 132 valence electrons. The van der Waals surface area contributed by atoms with Gasteiger partial charge in [0.05, 0.1) is 18.2 Å². The predicted octanol–water partition coefficient (Wildman–Crippen LogP) is 3.44. The van der Waals surface area contributed by atoms with E-state index >= 15 is 0 Å². The molecule has 0 saturated carbocycles. The number of nitrogens with one attached hydrogen (secondary N) is 2. The minimum absolute atomic E-state index is 0.0724. The van der Waals surface area contributed by atoms with E-state index in [1.807, 2.05) is 44.2 Å². The Labute approximate surface area is 147 Å². The van der Waals surface area contributed by atoms with Gasteiger partial charge in [0.25, 0.3) is 0 Å². The molecule has 2 aromatic carbocycles. The summed E-state index contributed by atoms with van der Waals surface area (Å²) in [6.07, 6.45) is 0.885. The van der Waals surface area contributed by atoms with Crippen LogP contribution in [-0.4, -0.2) is 18.6 Å².